The van der Waals surface area contributed by atoms with Gasteiger partial charge in [-0.2, -0.15) is 0 Å². The van der Waals surface area contributed by atoms with Gasteiger partial charge in [0.2, 0.25) is 0 Å². The van der Waals surface area contributed by atoms with Crippen LogP contribution in [0.5, 0.6) is 0 Å². The molecule has 1 heterocycles. The Morgan fingerprint density at radius 2 is 2.18 bits per heavy atom. The number of rotatable bonds is 3. The van der Waals surface area contributed by atoms with Crippen molar-refractivity contribution in [3.63, 3.8) is 0 Å². The van der Waals surface area contributed by atoms with Crippen LogP contribution in [0.15, 0.2) is 28.8 Å². The Balaban J connectivity index is 2.45. The monoisotopic (exact) mass is 234 g/mol. The standard InChI is InChI=1S/C13H15FN2O/c1-8(2)6-11-12(17-16-13(11)15)9-4-3-5-10(14)7-9/h3-5,7-8H,6H2,1-2H3,(H2,15,16). The van der Waals surface area contributed by atoms with E-state index in [4.69, 9.17) is 10.3 Å². The van der Waals surface area contributed by atoms with Crippen LogP contribution < -0.4 is 5.73 Å². The van der Waals surface area contributed by atoms with Crippen molar-refractivity contribution in [2.75, 3.05) is 5.73 Å². The van der Waals surface area contributed by atoms with Crippen LogP contribution >= 0.6 is 0 Å². The third-order valence-corrected chi connectivity index (χ3v) is 2.52. The molecule has 0 radical (unpaired) electrons. The maximum atomic E-state index is 13.2. The molecule has 0 aliphatic carbocycles. The van der Waals surface area contributed by atoms with Gasteiger partial charge in [0.15, 0.2) is 11.6 Å². The molecule has 0 saturated carbocycles. The molecule has 3 nitrogen and oxygen atoms in total. The van der Waals surface area contributed by atoms with E-state index in [1.807, 2.05) is 0 Å². The van der Waals surface area contributed by atoms with Gasteiger partial charge in [0.05, 0.1) is 0 Å². The fraction of sp³-hybridized carbons (Fsp3) is 0.308. The zero-order valence-corrected chi connectivity index (χ0v) is 9.90. The fourth-order valence-electron chi connectivity index (χ4n) is 1.78. The largest absolute Gasteiger partial charge is 0.381 e. The molecule has 2 aromatic rings. The van der Waals surface area contributed by atoms with E-state index in [0.717, 1.165) is 12.0 Å². The molecule has 90 valence electrons. The van der Waals surface area contributed by atoms with E-state index in [2.05, 4.69) is 19.0 Å². The number of hydrogen-bond acceptors (Lipinski definition) is 3. The number of benzene rings is 1. The predicted molar refractivity (Wildman–Crippen MR) is 64.9 cm³/mol. The van der Waals surface area contributed by atoms with E-state index >= 15 is 0 Å². The summed E-state index contributed by atoms with van der Waals surface area (Å²) < 4.78 is 18.4. The second-order valence-electron chi connectivity index (χ2n) is 4.48. The highest BCUT2D eigenvalue weighted by molar-refractivity contribution is 5.66. The van der Waals surface area contributed by atoms with Gasteiger partial charge in [0, 0.05) is 11.1 Å². The molecule has 0 amide bonds. The molecule has 0 atom stereocenters. The van der Waals surface area contributed by atoms with E-state index in [9.17, 15) is 4.39 Å². The predicted octanol–water partition coefficient (Wildman–Crippen LogP) is 3.26. The van der Waals surface area contributed by atoms with Crippen LogP contribution in [-0.2, 0) is 6.42 Å². The third kappa shape index (κ3) is 2.46. The lowest BCUT2D eigenvalue weighted by molar-refractivity contribution is 0.434. The Bertz CT molecular complexity index is 520. The molecule has 0 spiro atoms. The van der Waals surface area contributed by atoms with Gasteiger partial charge in [0.1, 0.15) is 5.82 Å². The van der Waals surface area contributed by atoms with Crippen LogP contribution in [0.1, 0.15) is 19.4 Å². The summed E-state index contributed by atoms with van der Waals surface area (Å²) in [6.07, 6.45) is 0.765. The Kier molecular flexibility index (Phi) is 3.13. The highest BCUT2D eigenvalue weighted by atomic mass is 19.1. The van der Waals surface area contributed by atoms with Crippen LogP contribution in [0.2, 0.25) is 0 Å². The lowest BCUT2D eigenvalue weighted by Gasteiger charge is -2.05. The van der Waals surface area contributed by atoms with E-state index in [1.165, 1.54) is 12.1 Å². The molecule has 0 fully saturated rings. The molecular weight excluding hydrogens is 219 g/mol. The average molecular weight is 234 g/mol. The van der Waals surface area contributed by atoms with Gasteiger partial charge in [0.25, 0.3) is 0 Å². The lowest BCUT2D eigenvalue weighted by atomic mass is 10.00. The van der Waals surface area contributed by atoms with Crippen molar-refractivity contribution in [2.24, 2.45) is 5.92 Å². The van der Waals surface area contributed by atoms with Gasteiger partial charge in [-0.15, -0.1) is 0 Å². The number of aromatic nitrogens is 1. The van der Waals surface area contributed by atoms with Crippen LogP contribution in [0, 0.1) is 11.7 Å². The fourth-order valence-corrected chi connectivity index (χ4v) is 1.78. The molecule has 0 unspecified atom stereocenters. The van der Waals surface area contributed by atoms with Gasteiger partial charge in [-0.3, -0.25) is 0 Å². The summed E-state index contributed by atoms with van der Waals surface area (Å²) in [6, 6.07) is 6.24. The van der Waals surface area contributed by atoms with Crippen molar-refractivity contribution in [2.45, 2.75) is 20.3 Å². The highest BCUT2D eigenvalue weighted by Gasteiger charge is 2.16. The number of hydrogen-bond donors (Lipinski definition) is 1. The van der Waals surface area contributed by atoms with Gasteiger partial charge < -0.3 is 10.3 Å². The first-order valence-corrected chi connectivity index (χ1v) is 5.58. The number of nitrogens with two attached hydrogens (primary N) is 1. The molecule has 0 aliphatic rings. The second-order valence-corrected chi connectivity index (χ2v) is 4.48. The molecule has 0 saturated heterocycles. The minimum absolute atomic E-state index is 0.298. The summed E-state index contributed by atoms with van der Waals surface area (Å²) in [5.41, 5.74) is 7.29. The number of nitrogens with zero attached hydrogens (tertiary/aromatic N) is 1. The number of anilines is 1. The Morgan fingerprint density at radius 1 is 1.41 bits per heavy atom. The maximum Gasteiger partial charge on any atom is 0.172 e. The summed E-state index contributed by atoms with van der Waals surface area (Å²) in [4.78, 5) is 0. The average Bonchev–Trinajstić information content (AvgIpc) is 2.60. The third-order valence-electron chi connectivity index (χ3n) is 2.52. The van der Waals surface area contributed by atoms with Gasteiger partial charge in [-0.05, 0) is 24.5 Å². The SMILES string of the molecule is CC(C)Cc1c(N)noc1-c1cccc(F)c1. The first-order valence-electron chi connectivity index (χ1n) is 5.58. The van der Waals surface area contributed by atoms with E-state index in [1.54, 1.807) is 12.1 Å². The zero-order chi connectivity index (χ0) is 12.4. The molecule has 2 N–H and O–H groups in total. The minimum Gasteiger partial charge on any atom is -0.381 e. The van der Waals surface area contributed by atoms with Crippen molar-refractivity contribution < 1.29 is 8.91 Å². The number of nitrogen functional groups attached to an aromatic ring is 1. The Labute approximate surface area is 99.4 Å². The van der Waals surface area contributed by atoms with E-state index in [0.29, 0.717) is 23.1 Å². The molecule has 4 heteroatoms. The van der Waals surface area contributed by atoms with Crippen LogP contribution in [0.4, 0.5) is 10.2 Å². The Hall–Kier alpha value is -1.84. The molecule has 0 aliphatic heterocycles. The topological polar surface area (TPSA) is 52.0 Å². The summed E-state index contributed by atoms with van der Waals surface area (Å²) in [7, 11) is 0. The van der Waals surface area contributed by atoms with Gasteiger partial charge >= 0.3 is 0 Å². The summed E-state index contributed by atoms with van der Waals surface area (Å²) in [6.45, 7) is 4.17. The van der Waals surface area contributed by atoms with Crippen molar-refractivity contribution >= 4 is 5.82 Å². The van der Waals surface area contributed by atoms with Crippen molar-refractivity contribution in [3.8, 4) is 11.3 Å². The quantitative estimate of drug-likeness (QED) is 0.886. The van der Waals surface area contributed by atoms with Crippen molar-refractivity contribution in [1.82, 2.24) is 5.16 Å². The first kappa shape index (κ1) is 11.6. The summed E-state index contributed by atoms with van der Waals surface area (Å²) >= 11 is 0. The van der Waals surface area contributed by atoms with Gasteiger partial charge in [-0.25, -0.2) is 4.39 Å². The molecule has 0 bridgehead atoms. The first-order chi connectivity index (χ1) is 8.08. The van der Waals surface area contributed by atoms with Crippen molar-refractivity contribution in [3.05, 3.63) is 35.6 Å². The van der Waals surface area contributed by atoms with E-state index < -0.39 is 0 Å². The second kappa shape index (κ2) is 4.57. The van der Waals surface area contributed by atoms with Crippen LogP contribution in [0.3, 0.4) is 0 Å². The normalized spacial score (nSPS) is 11.1. The summed E-state index contributed by atoms with van der Waals surface area (Å²) in [5.74, 6) is 1.09. The molecular formula is C13H15FN2O. The van der Waals surface area contributed by atoms with E-state index in [-0.39, 0.29) is 5.82 Å². The van der Waals surface area contributed by atoms with Crippen molar-refractivity contribution in [1.29, 1.82) is 0 Å². The van der Waals surface area contributed by atoms with Gasteiger partial charge in [-0.1, -0.05) is 31.1 Å². The van der Waals surface area contributed by atoms with Crippen LogP contribution in [0.25, 0.3) is 11.3 Å². The molecule has 1 aromatic heterocycles. The smallest absolute Gasteiger partial charge is 0.172 e. The Morgan fingerprint density at radius 3 is 2.82 bits per heavy atom. The molecule has 2 rings (SSSR count). The molecule has 1 aromatic carbocycles. The zero-order valence-electron chi connectivity index (χ0n) is 9.90. The minimum atomic E-state index is -0.298. The highest BCUT2D eigenvalue weighted by Crippen LogP contribution is 2.30. The lowest BCUT2D eigenvalue weighted by Crippen LogP contribution is -1.99. The van der Waals surface area contributed by atoms with Crippen LogP contribution in [-0.4, -0.2) is 5.16 Å². The maximum absolute atomic E-state index is 13.2. The summed E-state index contributed by atoms with van der Waals surface area (Å²) in [5, 5.41) is 3.76. The molecule has 17 heavy (non-hydrogen) atoms. The number of halogens is 1.